The molecular weight excluding hydrogens is 262 g/mol. The van der Waals surface area contributed by atoms with Crippen molar-refractivity contribution in [2.75, 3.05) is 25.5 Å². The van der Waals surface area contributed by atoms with E-state index in [0.29, 0.717) is 12.0 Å². The highest BCUT2D eigenvalue weighted by Gasteiger charge is 2.22. The molecule has 1 aliphatic rings. The van der Waals surface area contributed by atoms with Crippen molar-refractivity contribution in [2.45, 2.75) is 32.4 Å². The van der Waals surface area contributed by atoms with Gasteiger partial charge in [0, 0.05) is 18.3 Å². The Morgan fingerprint density at radius 1 is 1.30 bits per heavy atom. The lowest BCUT2D eigenvalue weighted by Crippen LogP contribution is -2.39. The molecule has 2 atom stereocenters. The van der Waals surface area contributed by atoms with Crippen LogP contribution in [0.2, 0.25) is 0 Å². The molecule has 0 saturated carbocycles. The van der Waals surface area contributed by atoms with Crippen LogP contribution in [0.25, 0.3) is 0 Å². The molecule has 1 aliphatic heterocycles. The molecule has 5 heteroatoms. The molecular formula is C15H22F2N2O. The first-order valence-electron chi connectivity index (χ1n) is 7.04. The van der Waals surface area contributed by atoms with Gasteiger partial charge >= 0.3 is 6.61 Å². The van der Waals surface area contributed by atoms with E-state index in [1.807, 2.05) is 0 Å². The van der Waals surface area contributed by atoms with Gasteiger partial charge in [-0.25, -0.2) is 0 Å². The van der Waals surface area contributed by atoms with Gasteiger partial charge in [-0.05, 0) is 63.5 Å². The van der Waals surface area contributed by atoms with E-state index in [2.05, 4.69) is 28.9 Å². The number of rotatable bonds is 5. The maximum Gasteiger partial charge on any atom is 0.387 e. The normalized spacial score (nSPS) is 21.8. The number of ether oxygens (including phenoxy) is 1. The number of alkyl halides is 2. The van der Waals surface area contributed by atoms with Crippen LogP contribution in [-0.4, -0.2) is 37.7 Å². The lowest BCUT2D eigenvalue weighted by molar-refractivity contribution is -0.0498. The number of anilines is 1. The molecule has 0 aliphatic carbocycles. The van der Waals surface area contributed by atoms with E-state index in [1.165, 1.54) is 19.4 Å². The fourth-order valence-electron chi connectivity index (χ4n) is 2.73. The van der Waals surface area contributed by atoms with E-state index in [9.17, 15) is 8.78 Å². The molecule has 0 spiro atoms. The molecule has 1 fully saturated rings. The predicted molar refractivity (Wildman–Crippen MR) is 76.4 cm³/mol. The predicted octanol–water partition coefficient (Wildman–Crippen LogP) is 3.43. The summed E-state index contributed by atoms with van der Waals surface area (Å²) in [6.07, 6.45) is 2.46. The fraction of sp³-hybridized carbons (Fsp3) is 0.600. The number of nitrogens with one attached hydrogen (secondary N) is 1. The van der Waals surface area contributed by atoms with Crippen LogP contribution < -0.4 is 10.1 Å². The smallest absolute Gasteiger partial charge is 0.387 e. The molecule has 20 heavy (non-hydrogen) atoms. The number of nitrogens with zero attached hydrogens (tertiary/aromatic N) is 1. The Labute approximate surface area is 118 Å². The highest BCUT2D eigenvalue weighted by Crippen LogP contribution is 2.23. The molecule has 2 unspecified atom stereocenters. The number of likely N-dealkylation sites (tertiary alicyclic amines) is 1. The Morgan fingerprint density at radius 2 is 2.00 bits per heavy atom. The Bertz CT molecular complexity index is 411. The van der Waals surface area contributed by atoms with Crippen LogP contribution in [0.3, 0.4) is 0 Å². The number of halogens is 2. The summed E-state index contributed by atoms with van der Waals surface area (Å²) in [4.78, 5) is 2.35. The summed E-state index contributed by atoms with van der Waals surface area (Å²) in [5, 5.41) is 3.44. The number of benzene rings is 1. The van der Waals surface area contributed by atoms with Gasteiger partial charge in [-0.3, -0.25) is 0 Å². The van der Waals surface area contributed by atoms with Gasteiger partial charge in [0.25, 0.3) is 0 Å². The largest absolute Gasteiger partial charge is 0.435 e. The van der Waals surface area contributed by atoms with Crippen LogP contribution in [0.15, 0.2) is 24.3 Å². The molecule has 1 N–H and O–H groups in total. The quantitative estimate of drug-likeness (QED) is 0.896. The Hall–Kier alpha value is -1.36. The highest BCUT2D eigenvalue weighted by molar-refractivity contribution is 5.47. The zero-order valence-electron chi connectivity index (χ0n) is 12.0. The van der Waals surface area contributed by atoms with E-state index < -0.39 is 6.61 Å². The first-order chi connectivity index (χ1) is 9.54. The minimum Gasteiger partial charge on any atom is -0.435 e. The number of hydrogen-bond acceptors (Lipinski definition) is 3. The van der Waals surface area contributed by atoms with Gasteiger partial charge < -0.3 is 15.0 Å². The van der Waals surface area contributed by atoms with Crippen molar-refractivity contribution in [1.29, 1.82) is 0 Å². The van der Waals surface area contributed by atoms with Crippen molar-refractivity contribution in [3.05, 3.63) is 24.3 Å². The van der Waals surface area contributed by atoms with E-state index >= 15 is 0 Å². The average Bonchev–Trinajstić information content (AvgIpc) is 2.40. The maximum absolute atomic E-state index is 12.1. The van der Waals surface area contributed by atoms with E-state index in [1.54, 1.807) is 24.3 Å². The van der Waals surface area contributed by atoms with Gasteiger partial charge in [0.1, 0.15) is 5.75 Å². The monoisotopic (exact) mass is 284 g/mol. The zero-order chi connectivity index (χ0) is 14.5. The van der Waals surface area contributed by atoms with Gasteiger partial charge in [0.2, 0.25) is 0 Å². The summed E-state index contributed by atoms with van der Waals surface area (Å²) in [7, 11) is 2.15. The summed E-state index contributed by atoms with van der Waals surface area (Å²) in [6, 6.07) is 7.05. The van der Waals surface area contributed by atoms with E-state index in [-0.39, 0.29) is 5.75 Å². The second-order valence-corrected chi connectivity index (χ2v) is 5.50. The molecule has 1 heterocycles. The first kappa shape index (κ1) is 15.0. The summed E-state index contributed by atoms with van der Waals surface area (Å²) in [5.74, 6) is 0.807. The van der Waals surface area contributed by atoms with Crippen molar-refractivity contribution in [3.8, 4) is 5.75 Å². The molecule has 112 valence electrons. The van der Waals surface area contributed by atoms with Gasteiger partial charge in [0.05, 0.1) is 0 Å². The van der Waals surface area contributed by atoms with Crippen LogP contribution in [0, 0.1) is 5.92 Å². The van der Waals surface area contributed by atoms with E-state index in [0.717, 1.165) is 12.2 Å². The third-order valence-electron chi connectivity index (χ3n) is 3.84. The average molecular weight is 284 g/mol. The number of hydrogen-bond donors (Lipinski definition) is 1. The van der Waals surface area contributed by atoms with Crippen molar-refractivity contribution >= 4 is 5.69 Å². The molecule has 0 bridgehead atoms. The molecule has 1 aromatic carbocycles. The van der Waals surface area contributed by atoms with Crippen molar-refractivity contribution in [3.63, 3.8) is 0 Å². The lowest BCUT2D eigenvalue weighted by Gasteiger charge is -2.34. The molecule has 0 aromatic heterocycles. The Balaban J connectivity index is 1.88. The third kappa shape index (κ3) is 4.34. The summed E-state index contributed by atoms with van der Waals surface area (Å²) < 4.78 is 28.5. The van der Waals surface area contributed by atoms with Crippen molar-refractivity contribution in [2.24, 2.45) is 5.92 Å². The topological polar surface area (TPSA) is 24.5 Å². The van der Waals surface area contributed by atoms with Gasteiger partial charge in [-0.15, -0.1) is 0 Å². The summed E-state index contributed by atoms with van der Waals surface area (Å²) in [5.41, 5.74) is 0.937. The van der Waals surface area contributed by atoms with E-state index in [4.69, 9.17) is 0 Å². The maximum atomic E-state index is 12.1. The second-order valence-electron chi connectivity index (χ2n) is 5.50. The molecule has 1 aromatic rings. The second kappa shape index (κ2) is 6.88. The van der Waals surface area contributed by atoms with Gasteiger partial charge in [-0.1, -0.05) is 0 Å². The van der Waals surface area contributed by atoms with Crippen LogP contribution >= 0.6 is 0 Å². The summed E-state index contributed by atoms with van der Waals surface area (Å²) in [6.45, 7) is 1.67. The van der Waals surface area contributed by atoms with Crippen molar-refractivity contribution in [1.82, 2.24) is 4.90 Å². The highest BCUT2D eigenvalue weighted by atomic mass is 19.3. The summed E-state index contributed by atoms with van der Waals surface area (Å²) >= 11 is 0. The fourth-order valence-corrected chi connectivity index (χ4v) is 2.73. The van der Waals surface area contributed by atoms with Crippen LogP contribution in [0.1, 0.15) is 19.8 Å². The van der Waals surface area contributed by atoms with Crippen LogP contribution in [0.5, 0.6) is 5.75 Å². The zero-order valence-corrected chi connectivity index (χ0v) is 12.0. The molecule has 1 saturated heterocycles. The lowest BCUT2D eigenvalue weighted by atomic mass is 9.92. The van der Waals surface area contributed by atoms with Crippen LogP contribution in [0.4, 0.5) is 14.5 Å². The SMILES string of the molecule is CC(Nc1ccc(OC(F)F)cc1)C1CCCN(C)C1. The molecule has 0 amide bonds. The van der Waals surface area contributed by atoms with Gasteiger partial charge in [-0.2, -0.15) is 8.78 Å². The minimum absolute atomic E-state index is 0.190. The standard InChI is InChI=1S/C15H22F2N2O/c1-11(12-4-3-9-19(2)10-12)18-13-5-7-14(8-6-13)20-15(16)17/h5-8,11-12,15,18H,3-4,9-10H2,1-2H3. The first-order valence-corrected chi connectivity index (χ1v) is 7.04. The molecule has 3 nitrogen and oxygen atoms in total. The minimum atomic E-state index is -2.77. The third-order valence-corrected chi connectivity index (χ3v) is 3.84. The van der Waals surface area contributed by atoms with Crippen LogP contribution in [-0.2, 0) is 0 Å². The molecule has 0 radical (unpaired) electrons. The molecule has 2 rings (SSSR count). The number of piperidine rings is 1. The van der Waals surface area contributed by atoms with Gasteiger partial charge in [0.15, 0.2) is 0 Å². The Kier molecular flexibility index (Phi) is 5.17. The van der Waals surface area contributed by atoms with Crippen molar-refractivity contribution < 1.29 is 13.5 Å². The Morgan fingerprint density at radius 3 is 2.60 bits per heavy atom.